The highest BCUT2D eigenvalue weighted by Crippen LogP contribution is 2.33. The lowest BCUT2D eigenvalue weighted by atomic mass is 10.0. The Bertz CT molecular complexity index is 1220. The van der Waals surface area contributed by atoms with Crippen molar-refractivity contribution in [3.63, 3.8) is 0 Å². The van der Waals surface area contributed by atoms with Gasteiger partial charge < -0.3 is 0 Å². The molecule has 0 fully saturated rings. The van der Waals surface area contributed by atoms with Crippen molar-refractivity contribution in [2.24, 2.45) is 0 Å². The van der Waals surface area contributed by atoms with Crippen LogP contribution in [0.25, 0.3) is 16.8 Å². The number of rotatable bonds is 3. The molecule has 0 saturated heterocycles. The second kappa shape index (κ2) is 6.32. The van der Waals surface area contributed by atoms with Gasteiger partial charge in [-0.25, -0.2) is 12.8 Å². The molecule has 0 spiro atoms. The molecule has 4 rings (SSSR count). The molecule has 0 unspecified atom stereocenters. The van der Waals surface area contributed by atoms with E-state index < -0.39 is 21.6 Å². The molecule has 0 aromatic heterocycles. The molecule has 6 heteroatoms. The third kappa shape index (κ3) is 2.82. The summed E-state index contributed by atoms with van der Waals surface area (Å²) in [4.78, 5) is 13.1. The van der Waals surface area contributed by atoms with E-state index in [-0.39, 0.29) is 22.7 Å². The number of benzene rings is 3. The number of hydrogen-bond acceptors (Lipinski definition) is 3. The Morgan fingerprint density at radius 3 is 2.48 bits per heavy atom. The lowest BCUT2D eigenvalue weighted by molar-refractivity contribution is 0.101. The van der Waals surface area contributed by atoms with Crippen LogP contribution in [0.5, 0.6) is 0 Å². The van der Waals surface area contributed by atoms with Gasteiger partial charge in [0.15, 0.2) is 0 Å². The third-order valence-electron chi connectivity index (χ3n) is 4.63. The second-order valence-corrected chi connectivity index (χ2v) is 8.10. The zero-order valence-electron chi connectivity index (χ0n) is 14.5. The van der Waals surface area contributed by atoms with Crippen LogP contribution in [0.1, 0.15) is 22.8 Å². The third-order valence-corrected chi connectivity index (χ3v) is 6.60. The number of ketones is 1. The number of sulfonamides is 1. The van der Waals surface area contributed by atoms with Gasteiger partial charge in [-0.05, 0) is 48.0 Å². The smallest absolute Gasteiger partial charge is 0.265 e. The number of carbonyl (C=O) groups is 1. The summed E-state index contributed by atoms with van der Waals surface area (Å²) in [5, 5.41) is 1.87. The van der Waals surface area contributed by atoms with Crippen LogP contribution < -0.4 is 0 Å². The normalized spacial score (nSPS) is 15.3. The van der Waals surface area contributed by atoms with Crippen molar-refractivity contribution in [3.05, 3.63) is 83.3 Å². The number of likely N-dealkylation sites (N-methyl/N-ethyl adjacent to an activating group) is 1. The molecule has 136 valence electrons. The molecule has 3 aromatic rings. The summed E-state index contributed by atoms with van der Waals surface area (Å²) >= 11 is 0. The SMILES string of the molecule is CCN1C(C(=O)c2ccc3ccccc3c2)=Cc2cc(F)ccc2S1(=O)=O. The highest BCUT2D eigenvalue weighted by molar-refractivity contribution is 7.89. The molecule has 0 saturated carbocycles. The molecule has 0 bridgehead atoms. The first kappa shape index (κ1) is 17.4. The van der Waals surface area contributed by atoms with Gasteiger partial charge >= 0.3 is 0 Å². The van der Waals surface area contributed by atoms with E-state index in [2.05, 4.69) is 0 Å². The van der Waals surface area contributed by atoms with E-state index in [1.54, 1.807) is 19.1 Å². The molecular weight excluding hydrogens is 365 g/mol. The number of fused-ring (bicyclic) bond motifs is 2. The molecule has 1 aliphatic heterocycles. The van der Waals surface area contributed by atoms with Crippen molar-refractivity contribution in [1.29, 1.82) is 0 Å². The number of nitrogens with zero attached hydrogens (tertiary/aromatic N) is 1. The van der Waals surface area contributed by atoms with E-state index in [9.17, 15) is 17.6 Å². The number of Topliss-reactive ketones (excluding diaryl/α,β-unsaturated/α-hetero) is 1. The maximum Gasteiger partial charge on any atom is 0.265 e. The molecular formula is C21H16FNO3S. The Labute approximate surface area is 156 Å². The van der Waals surface area contributed by atoms with Gasteiger partial charge in [-0.1, -0.05) is 36.4 Å². The second-order valence-electron chi connectivity index (χ2n) is 6.27. The van der Waals surface area contributed by atoms with Crippen molar-refractivity contribution in [1.82, 2.24) is 4.31 Å². The minimum Gasteiger partial charge on any atom is -0.287 e. The van der Waals surface area contributed by atoms with Gasteiger partial charge in [-0.15, -0.1) is 0 Å². The van der Waals surface area contributed by atoms with E-state index >= 15 is 0 Å². The van der Waals surface area contributed by atoms with Crippen LogP contribution in [0.4, 0.5) is 4.39 Å². The minimum atomic E-state index is -3.92. The predicted octanol–water partition coefficient (Wildman–Crippen LogP) is 4.23. The van der Waals surface area contributed by atoms with Gasteiger partial charge in [0, 0.05) is 17.7 Å². The van der Waals surface area contributed by atoms with Crippen molar-refractivity contribution in [2.75, 3.05) is 6.54 Å². The summed E-state index contributed by atoms with van der Waals surface area (Å²) in [6, 6.07) is 16.3. The van der Waals surface area contributed by atoms with Crippen LogP contribution in [-0.2, 0) is 10.0 Å². The Kier molecular flexibility index (Phi) is 4.08. The highest BCUT2D eigenvalue weighted by Gasteiger charge is 2.35. The quantitative estimate of drug-likeness (QED) is 0.638. The number of allylic oxidation sites excluding steroid dienone is 1. The van der Waals surface area contributed by atoms with Gasteiger partial charge in [-0.3, -0.25) is 9.10 Å². The predicted molar refractivity (Wildman–Crippen MR) is 102 cm³/mol. The summed E-state index contributed by atoms with van der Waals surface area (Å²) in [6.07, 6.45) is 1.44. The van der Waals surface area contributed by atoms with E-state index in [1.807, 2.05) is 30.3 Å². The minimum absolute atomic E-state index is 0.000751. The molecule has 3 aromatic carbocycles. The van der Waals surface area contributed by atoms with Crippen molar-refractivity contribution < 1.29 is 17.6 Å². The molecule has 0 radical (unpaired) electrons. The molecule has 0 atom stereocenters. The summed E-state index contributed by atoms with van der Waals surface area (Å²) in [5.41, 5.74) is 0.586. The van der Waals surface area contributed by atoms with Crippen molar-refractivity contribution >= 4 is 32.7 Å². The van der Waals surface area contributed by atoms with Gasteiger partial charge in [0.1, 0.15) is 11.5 Å². The fourth-order valence-corrected chi connectivity index (χ4v) is 4.96. The maximum atomic E-state index is 13.6. The van der Waals surface area contributed by atoms with Crippen LogP contribution in [0.15, 0.2) is 71.3 Å². The largest absolute Gasteiger partial charge is 0.287 e. The lowest BCUT2D eigenvalue weighted by Crippen LogP contribution is -2.36. The van der Waals surface area contributed by atoms with Gasteiger partial charge in [0.25, 0.3) is 10.0 Å². The van der Waals surface area contributed by atoms with Crippen LogP contribution in [0.2, 0.25) is 0 Å². The standard InChI is InChI=1S/C21H16FNO3S/c1-2-23-19(13-17-12-18(22)9-10-20(17)27(23,25)26)21(24)16-8-7-14-5-3-4-6-15(14)11-16/h3-13H,2H2,1H3. The molecule has 0 amide bonds. The fraction of sp³-hybridized carbons (Fsp3) is 0.0952. The molecule has 27 heavy (non-hydrogen) atoms. The molecule has 4 nitrogen and oxygen atoms in total. The van der Waals surface area contributed by atoms with E-state index in [4.69, 9.17) is 0 Å². The highest BCUT2D eigenvalue weighted by atomic mass is 32.2. The average Bonchev–Trinajstić information content (AvgIpc) is 2.66. The summed E-state index contributed by atoms with van der Waals surface area (Å²) in [6.45, 7) is 1.76. The van der Waals surface area contributed by atoms with Crippen LogP contribution in [0, 0.1) is 5.82 Å². The van der Waals surface area contributed by atoms with Crippen LogP contribution >= 0.6 is 0 Å². The Morgan fingerprint density at radius 1 is 1.00 bits per heavy atom. The van der Waals surface area contributed by atoms with E-state index in [1.165, 1.54) is 12.1 Å². The fourth-order valence-electron chi connectivity index (χ4n) is 3.33. The zero-order valence-corrected chi connectivity index (χ0v) is 15.3. The first-order valence-electron chi connectivity index (χ1n) is 8.49. The summed E-state index contributed by atoms with van der Waals surface area (Å²) in [5.74, 6) is -0.969. The molecule has 0 aliphatic carbocycles. The van der Waals surface area contributed by atoms with Crippen molar-refractivity contribution in [3.8, 4) is 0 Å². The number of halogens is 1. The topological polar surface area (TPSA) is 54.5 Å². The van der Waals surface area contributed by atoms with Gasteiger partial charge in [-0.2, -0.15) is 0 Å². The summed E-state index contributed by atoms with van der Waals surface area (Å²) < 4.78 is 40.5. The average molecular weight is 381 g/mol. The zero-order chi connectivity index (χ0) is 19.2. The molecule has 0 N–H and O–H groups in total. The van der Waals surface area contributed by atoms with Crippen molar-refractivity contribution in [2.45, 2.75) is 11.8 Å². The maximum absolute atomic E-state index is 13.6. The van der Waals surface area contributed by atoms with E-state index in [0.29, 0.717) is 5.56 Å². The van der Waals surface area contributed by atoms with Crippen LogP contribution in [-0.4, -0.2) is 25.1 Å². The first-order chi connectivity index (χ1) is 12.9. The first-order valence-corrected chi connectivity index (χ1v) is 9.93. The Hall–Kier alpha value is -2.99. The number of hydrogen-bond donors (Lipinski definition) is 0. The Balaban J connectivity index is 1.88. The Morgan fingerprint density at radius 2 is 1.74 bits per heavy atom. The number of carbonyl (C=O) groups excluding carboxylic acids is 1. The van der Waals surface area contributed by atoms with E-state index in [0.717, 1.165) is 27.2 Å². The van der Waals surface area contributed by atoms with Crippen LogP contribution in [0.3, 0.4) is 0 Å². The van der Waals surface area contributed by atoms with Gasteiger partial charge in [0.05, 0.1) is 4.90 Å². The van der Waals surface area contributed by atoms with Gasteiger partial charge in [0.2, 0.25) is 5.78 Å². The molecule has 1 aliphatic rings. The monoisotopic (exact) mass is 381 g/mol. The lowest BCUT2D eigenvalue weighted by Gasteiger charge is -2.29. The molecule has 1 heterocycles. The summed E-state index contributed by atoms with van der Waals surface area (Å²) in [7, 11) is -3.92.